The van der Waals surface area contributed by atoms with Crippen LogP contribution in [0.1, 0.15) is 5.56 Å². The van der Waals surface area contributed by atoms with Crippen molar-refractivity contribution in [3.05, 3.63) is 56.1 Å². The molecule has 0 aromatic heterocycles. The maximum Gasteiger partial charge on any atom is 0.326 e. The molecule has 9 heteroatoms. The van der Waals surface area contributed by atoms with E-state index in [1.165, 1.54) is 6.07 Å². The highest BCUT2D eigenvalue weighted by atomic mass is 79.9. The Morgan fingerprint density at radius 1 is 1.55 bits per heavy atom. The summed E-state index contributed by atoms with van der Waals surface area (Å²) in [4.78, 5) is 13.8. The molecule has 1 heterocycles. The first-order chi connectivity index (χ1) is 9.31. The lowest BCUT2D eigenvalue weighted by atomic mass is 10.1. The molecule has 106 valence electrons. The van der Waals surface area contributed by atoms with Crippen molar-refractivity contribution >= 4 is 21.8 Å². The van der Waals surface area contributed by atoms with Crippen molar-refractivity contribution in [2.45, 2.75) is 12.2 Å². The van der Waals surface area contributed by atoms with Crippen molar-refractivity contribution < 1.29 is 9.31 Å². The van der Waals surface area contributed by atoms with Gasteiger partial charge in [0.25, 0.3) is 0 Å². The standard InChI is InChI=1S/C11H11BrFN5O2/c12-7-2-1-6(8(13)3-7)4-11(15)16-5-9(18(19)20)10(14)17-11/h1-3,5,16H,4,15H2,(H2,14,17). The van der Waals surface area contributed by atoms with Gasteiger partial charge >= 0.3 is 5.70 Å². The first kappa shape index (κ1) is 14.4. The molecule has 0 bridgehead atoms. The number of aliphatic imine (C=N–C) groups is 1. The Bertz CT molecular complexity index is 633. The zero-order chi connectivity index (χ0) is 14.9. The van der Waals surface area contributed by atoms with E-state index >= 15 is 0 Å². The Morgan fingerprint density at radius 2 is 2.25 bits per heavy atom. The fourth-order valence-electron chi connectivity index (χ4n) is 1.76. The van der Waals surface area contributed by atoms with Gasteiger partial charge in [0.1, 0.15) is 5.82 Å². The lowest BCUT2D eigenvalue weighted by molar-refractivity contribution is -0.416. The second-order valence-corrected chi connectivity index (χ2v) is 5.18. The predicted octanol–water partition coefficient (Wildman–Crippen LogP) is 0.822. The number of nitrogens with one attached hydrogen (secondary N) is 1. The van der Waals surface area contributed by atoms with Crippen LogP contribution in [0, 0.1) is 15.9 Å². The zero-order valence-electron chi connectivity index (χ0n) is 10.1. The molecule has 0 saturated carbocycles. The fourth-order valence-corrected chi connectivity index (χ4v) is 2.10. The Labute approximate surface area is 121 Å². The van der Waals surface area contributed by atoms with Crippen LogP contribution in [0.2, 0.25) is 0 Å². The summed E-state index contributed by atoms with van der Waals surface area (Å²) in [5.41, 5.74) is 11.4. The summed E-state index contributed by atoms with van der Waals surface area (Å²) in [5, 5.41) is 13.2. The van der Waals surface area contributed by atoms with E-state index in [2.05, 4.69) is 26.2 Å². The van der Waals surface area contributed by atoms with Crippen LogP contribution in [-0.4, -0.2) is 16.5 Å². The maximum absolute atomic E-state index is 13.8. The highest BCUT2D eigenvalue weighted by Crippen LogP contribution is 2.20. The van der Waals surface area contributed by atoms with E-state index in [1.54, 1.807) is 12.1 Å². The number of nitrogens with two attached hydrogens (primary N) is 2. The van der Waals surface area contributed by atoms with Crippen molar-refractivity contribution in [3.63, 3.8) is 0 Å². The molecule has 0 spiro atoms. The van der Waals surface area contributed by atoms with Crippen molar-refractivity contribution in [3.8, 4) is 0 Å². The van der Waals surface area contributed by atoms with Gasteiger partial charge in [0.15, 0.2) is 5.79 Å². The number of amidine groups is 1. The maximum atomic E-state index is 13.8. The van der Waals surface area contributed by atoms with Crippen LogP contribution in [0.15, 0.2) is 39.6 Å². The minimum Gasteiger partial charge on any atom is -0.378 e. The van der Waals surface area contributed by atoms with Crippen LogP contribution in [-0.2, 0) is 6.42 Å². The SMILES string of the molecule is NC1=NC(N)(Cc2ccc(Br)cc2F)NC=C1[N+](=O)[O-]. The van der Waals surface area contributed by atoms with Crippen LogP contribution < -0.4 is 16.8 Å². The number of benzene rings is 1. The van der Waals surface area contributed by atoms with Crippen molar-refractivity contribution in [2.24, 2.45) is 16.5 Å². The molecule has 5 N–H and O–H groups in total. The second-order valence-electron chi connectivity index (χ2n) is 4.26. The van der Waals surface area contributed by atoms with Gasteiger partial charge in [-0.25, -0.2) is 9.38 Å². The summed E-state index contributed by atoms with van der Waals surface area (Å²) in [6.07, 6.45) is 1.06. The van der Waals surface area contributed by atoms with Crippen molar-refractivity contribution in [1.82, 2.24) is 5.32 Å². The second kappa shape index (κ2) is 5.17. The Morgan fingerprint density at radius 3 is 2.80 bits per heavy atom. The van der Waals surface area contributed by atoms with Crippen LogP contribution in [0.4, 0.5) is 4.39 Å². The molecule has 0 amide bonds. The summed E-state index contributed by atoms with van der Waals surface area (Å²) in [7, 11) is 0. The van der Waals surface area contributed by atoms with Crippen LogP contribution in [0.5, 0.6) is 0 Å². The van der Waals surface area contributed by atoms with Gasteiger partial charge in [-0.15, -0.1) is 0 Å². The monoisotopic (exact) mass is 343 g/mol. The van der Waals surface area contributed by atoms with E-state index in [4.69, 9.17) is 11.5 Å². The van der Waals surface area contributed by atoms with E-state index in [-0.39, 0.29) is 18.0 Å². The third-order valence-corrected chi connectivity index (χ3v) is 3.21. The normalized spacial score (nSPS) is 21.8. The first-order valence-corrected chi connectivity index (χ1v) is 6.31. The summed E-state index contributed by atoms with van der Waals surface area (Å²) in [5.74, 6) is -2.17. The van der Waals surface area contributed by atoms with E-state index in [9.17, 15) is 14.5 Å². The average molecular weight is 344 g/mol. The highest BCUT2D eigenvalue weighted by Gasteiger charge is 2.32. The van der Waals surface area contributed by atoms with Gasteiger partial charge in [-0.3, -0.25) is 15.8 Å². The molecular formula is C11H11BrFN5O2. The van der Waals surface area contributed by atoms with Crippen molar-refractivity contribution in [1.29, 1.82) is 0 Å². The van der Waals surface area contributed by atoms with Crippen LogP contribution in [0.25, 0.3) is 0 Å². The molecule has 1 atom stereocenters. The number of hydrogen-bond donors (Lipinski definition) is 3. The lowest BCUT2D eigenvalue weighted by Crippen LogP contribution is -2.55. The largest absolute Gasteiger partial charge is 0.378 e. The van der Waals surface area contributed by atoms with E-state index in [1.807, 2.05) is 0 Å². The number of rotatable bonds is 3. The molecule has 0 saturated heterocycles. The number of nitrogens with zero attached hydrogens (tertiary/aromatic N) is 2. The van der Waals surface area contributed by atoms with E-state index in [0.717, 1.165) is 6.20 Å². The van der Waals surface area contributed by atoms with Crippen LogP contribution in [0.3, 0.4) is 0 Å². The Balaban J connectivity index is 2.24. The van der Waals surface area contributed by atoms with Crippen molar-refractivity contribution in [2.75, 3.05) is 0 Å². The molecular weight excluding hydrogens is 333 g/mol. The van der Waals surface area contributed by atoms with Gasteiger partial charge in [0, 0.05) is 10.9 Å². The smallest absolute Gasteiger partial charge is 0.326 e. The third-order valence-electron chi connectivity index (χ3n) is 2.71. The lowest BCUT2D eigenvalue weighted by Gasteiger charge is -2.28. The summed E-state index contributed by atoms with van der Waals surface area (Å²) >= 11 is 3.15. The first-order valence-electron chi connectivity index (χ1n) is 5.51. The Kier molecular flexibility index (Phi) is 3.73. The number of halogens is 2. The Hall–Kier alpha value is -2.00. The molecule has 0 fully saturated rings. The molecule has 1 aliphatic heterocycles. The topological polar surface area (TPSA) is 120 Å². The minimum atomic E-state index is -1.42. The molecule has 1 aromatic carbocycles. The van der Waals surface area contributed by atoms with E-state index < -0.39 is 16.5 Å². The quantitative estimate of drug-likeness (QED) is 0.554. The van der Waals surface area contributed by atoms with Gasteiger partial charge in [0.05, 0.1) is 11.1 Å². The summed E-state index contributed by atoms with van der Waals surface area (Å²) in [6, 6.07) is 4.51. The highest BCUT2D eigenvalue weighted by molar-refractivity contribution is 9.10. The molecule has 20 heavy (non-hydrogen) atoms. The summed E-state index contributed by atoms with van der Waals surface area (Å²) < 4.78 is 14.4. The summed E-state index contributed by atoms with van der Waals surface area (Å²) in [6.45, 7) is 0. The molecule has 1 aliphatic rings. The number of nitro groups is 1. The van der Waals surface area contributed by atoms with E-state index in [0.29, 0.717) is 10.0 Å². The third kappa shape index (κ3) is 2.94. The van der Waals surface area contributed by atoms with Gasteiger partial charge in [-0.05, 0) is 17.7 Å². The average Bonchev–Trinajstić information content (AvgIpc) is 2.32. The molecule has 2 rings (SSSR count). The van der Waals surface area contributed by atoms with Gasteiger partial charge < -0.3 is 11.1 Å². The van der Waals surface area contributed by atoms with Gasteiger partial charge in [-0.2, -0.15) is 0 Å². The molecule has 1 unspecified atom stereocenters. The number of hydrogen-bond acceptors (Lipinski definition) is 6. The molecule has 0 aliphatic carbocycles. The predicted molar refractivity (Wildman–Crippen MR) is 74.6 cm³/mol. The molecule has 7 nitrogen and oxygen atoms in total. The molecule has 0 radical (unpaired) electrons. The van der Waals surface area contributed by atoms with Crippen LogP contribution >= 0.6 is 15.9 Å². The minimum absolute atomic E-state index is 0.00565. The zero-order valence-corrected chi connectivity index (χ0v) is 11.7. The van der Waals surface area contributed by atoms with Gasteiger partial charge in [-0.1, -0.05) is 22.0 Å². The molecule has 1 aromatic rings. The fraction of sp³-hybridized carbons (Fsp3) is 0.182. The van der Waals surface area contributed by atoms with Gasteiger partial charge in [0.2, 0.25) is 5.84 Å².